The molecule has 2 aromatic carbocycles. The molecule has 29 heavy (non-hydrogen) atoms. The van der Waals surface area contributed by atoms with Crippen molar-refractivity contribution < 1.29 is 9.47 Å². The molecule has 2 N–H and O–H groups in total. The number of hydrogen-bond acceptors (Lipinski definition) is 4. The minimum atomic E-state index is 0.548. The smallest absolute Gasteiger partial charge is 0.172 e. The molecular formula is C22H26N4O2S. The fourth-order valence-electron chi connectivity index (χ4n) is 3.00. The van der Waals surface area contributed by atoms with Crippen LogP contribution in [0.4, 0.5) is 5.82 Å². The third-order valence-corrected chi connectivity index (χ3v) is 4.87. The number of nitrogens with one attached hydrogen (secondary N) is 2. The van der Waals surface area contributed by atoms with Crippen LogP contribution in [0.3, 0.4) is 0 Å². The van der Waals surface area contributed by atoms with Crippen molar-refractivity contribution in [1.82, 2.24) is 15.1 Å². The van der Waals surface area contributed by atoms with Crippen LogP contribution in [-0.2, 0) is 13.0 Å². The van der Waals surface area contributed by atoms with Crippen LogP contribution < -0.4 is 20.1 Å². The van der Waals surface area contributed by atoms with Crippen molar-refractivity contribution in [3.8, 4) is 11.5 Å². The van der Waals surface area contributed by atoms with Crippen LogP contribution in [0, 0.1) is 6.92 Å². The number of thiocarbonyl (C=S) groups is 1. The van der Waals surface area contributed by atoms with Crippen molar-refractivity contribution in [2.45, 2.75) is 19.9 Å². The van der Waals surface area contributed by atoms with E-state index in [1.807, 2.05) is 47.3 Å². The van der Waals surface area contributed by atoms with Gasteiger partial charge >= 0.3 is 0 Å². The molecular weight excluding hydrogens is 384 g/mol. The number of ether oxygens (including phenoxy) is 2. The van der Waals surface area contributed by atoms with Crippen LogP contribution in [0.1, 0.15) is 16.7 Å². The highest BCUT2D eigenvalue weighted by Crippen LogP contribution is 2.27. The summed E-state index contributed by atoms with van der Waals surface area (Å²) in [4.78, 5) is 0. The first-order valence-electron chi connectivity index (χ1n) is 9.42. The molecule has 0 atom stereocenters. The second-order valence-electron chi connectivity index (χ2n) is 6.65. The number of rotatable bonds is 8. The van der Waals surface area contributed by atoms with E-state index >= 15 is 0 Å². The lowest BCUT2D eigenvalue weighted by Crippen LogP contribution is -2.30. The Labute approximate surface area is 176 Å². The molecule has 7 heteroatoms. The van der Waals surface area contributed by atoms with Crippen molar-refractivity contribution in [1.29, 1.82) is 0 Å². The highest BCUT2D eigenvalue weighted by Gasteiger charge is 2.06. The number of aryl methyl sites for hydroxylation is 1. The average molecular weight is 411 g/mol. The van der Waals surface area contributed by atoms with Gasteiger partial charge in [-0.3, -0.25) is 4.68 Å². The SMILES string of the molecule is COc1ccc(CCNC(=S)Nc2ccn(Cc3ccccc3C)n2)cc1OC. The molecule has 0 aliphatic rings. The zero-order valence-electron chi connectivity index (χ0n) is 16.9. The predicted molar refractivity (Wildman–Crippen MR) is 120 cm³/mol. The molecule has 0 saturated carbocycles. The zero-order chi connectivity index (χ0) is 20.6. The van der Waals surface area contributed by atoms with Crippen molar-refractivity contribution in [3.05, 3.63) is 71.4 Å². The Morgan fingerprint density at radius 1 is 1.07 bits per heavy atom. The van der Waals surface area contributed by atoms with Gasteiger partial charge < -0.3 is 20.1 Å². The number of hydrogen-bond donors (Lipinski definition) is 2. The summed E-state index contributed by atoms with van der Waals surface area (Å²) in [5.41, 5.74) is 3.64. The topological polar surface area (TPSA) is 60.3 Å². The van der Waals surface area contributed by atoms with Crippen LogP contribution in [-0.4, -0.2) is 35.7 Å². The van der Waals surface area contributed by atoms with Gasteiger partial charge in [0.05, 0.1) is 20.8 Å². The second-order valence-corrected chi connectivity index (χ2v) is 7.05. The highest BCUT2D eigenvalue weighted by molar-refractivity contribution is 7.80. The molecule has 1 heterocycles. The van der Waals surface area contributed by atoms with Gasteiger partial charge in [-0.05, 0) is 54.4 Å². The molecule has 0 unspecified atom stereocenters. The first-order valence-corrected chi connectivity index (χ1v) is 9.83. The van der Waals surface area contributed by atoms with Crippen molar-refractivity contribution in [3.63, 3.8) is 0 Å². The molecule has 0 amide bonds. The van der Waals surface area contributed by atoms with Crippen molar-refractivity contribution in [2.75, 3.05) is 26.1 Å². The standard InChI is InChI=1S/C22H26N4O2S/c1-16-6-4-5-7-18(16)15-26-13-11-21(25-26)24-22(29)23-12-10-17-8-9-19(27-2)20(14-17)28-3/h4-9,11,13-14H,10,12,15H2,1-3H3,(H2,23,24,25,29). The number of nitrogens with zero attached hydrogens (tertiary/aromatic N) is 2. The second kappa shape index (κ2) is 9.93. The molecule has 3 rings (SSSR count). The first kappa shape index (κ1) is 20.7. The summed E-state index contributed by atoms with van der Waals surface area (Å²) in [6, 6.07) is 16.1. The van der Waals surface area contributed by atoms with E-state index in [0.717, 1.165) is 35.8 Å². The summed E-state index contributed by atoms with van der Waals surface area (Å²) in [6.07, 6.45) is 2.75. The third-order valence-electron chi connectivity index (χ3n) is 4.62. The van der Waals surface area contributed by atoms with E-state index in [1.54, 1.807) is 14.2 Å². The molecule has 0 bridgehead atoms. The number of benzene rings is 2. The Balaban J connectivity index is 1.48. The molecule has 1 aromatic heterocycles. The van der Waals surface area contributed by atoms with Gasteiger partial charge in [0.1, 0.15) is 0 Å². The summed E-state index contributed by atoms with van der Waals surface area (Å²) >= 11 is 5.38. The lowest BCUT2D eigenvalue weighted by atomic mass is 10.1. The lowest BCUT2D eigenvalue weighted by molar-refractivity contribution is 0.354. The minimum absolute atomic E-state index is 0.548. The van der Waals surface area contributed by atoms with Crippen LogP contribution >= 0.6 is 12.2 Å². The number of aromatic nitrogens is 2. The number of methoxy groups -OCH3 is 2. The van der Waals surface area contributed by atoms with Gasteiger partial charge in [-0.15, -0.1) is 0 Å². The molecule has 0 radical (unpaired) electrons. The van der Waals surface area contributed by atoms with E-state index in [-0.39, 0.29) is 0 Å². The molecule has 0 aliphatic carbocycles. The summed E-state index contributed by atoms with van der Waals surface area (Å²) in [5, 5.41) is 11.4. The maximum Gasteiger partial charge on any atom is 0.172 e. The van der Waals surface area contributed by atoms with E-state index in [4.69, 9.17) is 21.7 Å². The van der Waals surface area contributed by atoms with E-state index in [2.05, 4.69) is 34.8 Å². The van der Waals surface area contributed by atoms with Crippen LogP contribution in [0.15, 0.2) is 54.7 Å². The fraction of sp³-hybridized carbons (Fsp3) is 0.273. The minimum Gasteiger partial charge on any atom is -0.493 e. The molecule has 152 valence electrons. The van der Waals surface area contributed by atoms with Gasteiger partial charge in [0, 0.05) is 18.8 Å². The molecule has 0 saturated heterocycles. The summed E-state index contributed by atoms with van der Waals surface area (Å²) in [7, 11) is 3.27. The maximum atomic E-state index is 5.38. The Morgan fingerprint density at radius 3 is 2.62 bits per heavy atom. The Kier molecular flexibility index (Phi) is 7.08. The van der Waals surface area contributed by atoms with Gasteiger partial charge in [-0.1, -0.05) is 30.3 Å². The van der Waals surface area contributed by atoms with Crippen LogP contribution in [0.25, 0.3) is 0 Å². The highest BCUT2D eigenvalue weighted by atomic mass is 32.1. The van der Waals surface area contributed by atoms with E-state index in [1.165, 1.54) is 11.1 Å². The van der Waals surface area contributed by atoms with Crippen molar-refractivity contribution in [2.24, 2.45) is 0 Å². The van der Waals surface area contributed by atoms with Gasteiger partial charge in [0.2, 0.25) is 0 Å². The number of anilines is 1. The molecule has 0 fully saturated rings. The Bertz CT molecular complexity index is 971. The monoisotopic (exact) mass is 410 g/mol. The van der Waals surface area contributed by atoms with E-state index in [9.17, 15) is 0 Å². The molecule has 0 aliphatic heterocycles. The summed E-state index contributed by atoms with van der Waals surface area (Å²) in [5.74, 6) is 2.18. The van der Waals surface area contributed by atoms with Crippen LogP contribution in [0.5, 0.6) is 11.5 Å². The van der Waals surface area contributed by atoms with Crippen LogP contribution in [0.2, 0.25) is 0 Å². The lowest BCUT2D eigenvalue weighted by Gasteiger charge is -2.11. The zero-order valence-corrected chi connectivity index (χ0v) is 17.8. The van der Waals surface area contributed by atoms with Gasteiger partial charge in [0.15, 0.2) is 22.4 Å². The van der Waals surface area contributed by atoms with Gasteiger partial charge in [-0.2, -0.15) is 5.10 Å². The van der Waals surface area contributed by atoms with Gasteiger partial charge in [-0.25, -0.2) is 0 Å². The maximum absolute atomic E-state index is 5.38. The predicted octanol–water partition coefficient (Wildman–Crippen LogP) is 3.79. The normalized spacial score (nSPS) is 10.4. The largest absolute Gasteiger partial charge is 0.493 e. The summed E-state index contributed by atoms with van der Waals surface area (Å²) in [6.45, 7) is 3.54. The molecule has 3 aromatic rings. The molecule has 0 spiro atoms. The fourth-order valence-corrected chi connectivity index (χ4v) is 3.20. The Hall–Kier alpha value is -3.06. The van der Waals surface area contributed by atoms with Gasteiger partial charge in [0.25, 0.3) is 0 Å². The van der Waals surface area contributed by atoms with Crippen molar-refractivity contribution >= 4 is 23.1 Å². The average Bonchev–Trinajstić information content (AvgIpc) is 3.16. The van der Waals surface area contributed by atoms with E-state index < -0.39 is 0 Å². The quantitative estimate of drug-likeness (QED) is 0.551. The first-order chi connectivity index (χ1) is 14.1. The summed E-state index contributed by atoms with van der Waals surface area (Å²) < 4.78 is 12.5. The molecule has 6 nitrogen and oxygen atoms in total. The Morgan fingerprint density at radius 2 is 1.86 bits per heavy atom. The van der Waals surface area contributed by atoms with E-state index in [0.29, 0.717) is 11.7 Å². The third kappa shape index (κ3) is 5.71.